The normalized spacial score (nSPS) is 12.3. The van der Waals surface area contributed by atoms with Crippen molar-refractivity contribution < 1.29 is 40.3 Å². The van der Waals surface area contributed by atoms with Crippen LogP contribution < -0.4 is 4.74 Å². The van der Waals surface area contributed by atoms with E-state index >= 15 is 0 Å². The molecular weight excluding hydrogens is 517 g/mol. The molecule has 0 bridgehead atoms. The van der Waals surface area contributed by atoms with E-state index in [4.69, 9.17) is 4.74 Å². The van der Waals surface area contributed by atoms with Gasteiger partial charge < -0.3 is 4.74 Å². The van der Waals surface area contributed by atoms with Crippen molar-refractivity contribution in [1.29, 1.82) is 0 Å². The van der Waals surface area contributed by atoms with Crippen LogP contribution in [0.25, 0.3) is 0 Å². The summed E-state index contributed by atoms with van der Waals surface area (Å²) in [7, 11) is 1.26. The number of ketones is 1. The van der Waals surface area contributed by atoms with Crippen LogP contribution in [-0.4, -0.2) is 22.7 Å². The summed E-state index contributed by atoms with van der Waals surface area (Å²) < 4.78 is 103. The van der Waals surface area contributed by atoms with Gasteiger partial charge in [-0.15, -0.1) is 0 Å². The number of methoxy groups -OCH3 is 1. The minimum absolute atomic E-state index is 0.0152. The van der Waals surface area contributed by atoms with Gasteiger partial charge >= 0.3 is 6.18 Å². The van der Waals surface area contributed by atoms with Gasteiger partial charge in [0.05, 0.1) is 13.7 Å². The van der Waals surface area contributed by atoms with E-state index in [1.54, 1.807) is 20.8 Å². The second-order valence-electron chi connectivity index (χ2n) is 10.2. The fraction of sp³-hybridized carbons (Fsp3) is 0.407. The Morgan fingerprint density at radius 3 is 1.82 bits per heavy atom. The van der Waals surface area contributed by atoms with Crippen molar-refractivity contribution in [3.63, 3.8) is 0 Å². The molecule has 0 aliphatic rings. The number of alkyl halides is 3. The third-order valence-corrected chi connectivity index (χ3v) is 6.21. The Bertz CT molecular complexity index is 1360. The molecule has 0 unspecified atom stereocenters. The van der Waals surface area contributed by atoms with Gasteiger partial charge in [0.15, 0.2) is 34.8 Å². The van der Waals surface area contributed by atoms with Crippen molar-refractivity contribution in [1.82, 2.24) is 9.78 Å². The van der Waals surface area contributed by atoms with E-state index in [9.17, 15) is 35.5 Å². The lowest BCUT2D eigenvalue weighted by atomic mass is 9.91. The maximum atomic E-state index is 14.6. The van der Waals surface area contributed by atoms with Gasteiger partial charge in [0.25, 0.3) is 0 Å². The molecular formula is C27H27F7N2O2. The Hall–Kier alpha value is -3.37. The lowest BCUT2D eigenvalue weighted by molar-refractivity contribution is -0.143. The molecule has 0 aliphatic carbocycles. The molecule has 0 saturated heterocycles. The summed E-state index contributed by atoms with van der Waals surface area (Å²) in [6.45, 7) is 11.1. The summed E-state index contributed by atoms with van der Waals surface area (Å²) in [5.41, 5.74) is -1.16. The van der Waals surface area contributed by atoms with Crippen LogP contribution in [0.15, 0.2) is 12.1 Å². The van der Waals surface area contributed by atoms with Gasteiger partial charge in [0, 0.05) is 17.4 Å². The van der Waals surface area contributed by atoms with Gasteiger partial charge in [0.1, 0.15) is 17.0 Å². The van der Waals surface area contributed by atoms with E-state index in [0.29, 0.717) is 5.69 Å². The number of halogens is 7. The van der Waals surface area contributed by atoms with E-state index in [1.807, 2.05) is 32.9 Å². The van der Waals surface area contributed by atoms with Gasteiger partial charge in [-0.1, -0.05) is 38.5 Å². The van der Waals surface area contributed by atoms with Crippen molar-refractivity contribution in [2.24, 2.45) is 0 Å². The van der Waals surface area contributed by atoms with Crippen LogP contribution in [0.5, 0.6) is 5.75 Å². The predicted molar refractivity (Wildman–Crippen MR) is 127 cm³/mol. The van der Waals surface area contributed by atoms with Crippen molar-refractivity contribution in [2.45, 2.75) is 66.1 Å². The molecule has 206 valence electrons. The van der Waals surface area contributed by atoms with E-state index < -0.39 is 58.2 Å². The van der Waals surface area contributed by atoms with Crippen LogP contribution in [0, 0.1) is 44.0 Å². The first-order valence-corrected chi connectivity index (χ1v) is 11.6. The molecule has 1 heterocycles. The molecule has 38 heavy (non-hydrogen) atoms. The number of ether oxygens (including phenoxy) is 1. The summed E-state index contributed by atoms with van der Waals surface area (Å²) in [6, 6.07) is 3.85. The minimum Gasteiger partial charge on any atom is -0.492 e. The van der Waals surface area contributed by atoms with E-state index in [-0.39, 0.29) is 18.0 Å². The molecule has 1 aromatic heterocycles. The lowest BCUT2D eigenvalue weighted by Gasteiger charge is -2.16. The summed E-state index contributed by atoms with van der Waals surface area (Å²) in [4.78, 5) is 13.4. The largest absolute Gasteiger partial charge is 0.492 e. The first kappa shape index (κ1) is 29.2. The number of aromatic nitrogens is 2. The zero-order valence-corrected chi connectivity index (χ0v) is 21.9. The second-order valence-corrected chi connectivity index (χ2v) is 10.2. The van der Waals surface area contributed by atoms with Gasteiger partial charge in [-0.3, -0.25) is 9.48 Å². The molecule has 0 N–H and O–H groups in total. The van der Waals surface area contributed by atoms with Crippen molar-refractivity contribution in [2.75, 3.05) is 7.11 Å². The highest BCUT2D eigenvalue weighted by Gasteiger charge is 2.43. The Labute approximate surface area is 215 Å². The number of carbonyl (C=O) groups is 1. The van der Waals surface area contributed by atoms with Gasteiger partial charge in [-0.05, 0) is 37.5 Å². The quantitative estimate of drug-likeness (QED) is 0.188. The van der Waals surface area contributed by atoms with Crippen LogP contribution in [0.4, 0.5) is 30.7 Å². The van der Waals surface area contributed by atoms with Crippen LogP contribution in [0.1, 0.15) is 70.3 Å². The predicted octanol–water partition coefficient (Wildman–Crippen LogP) is 7.16. The molecule has 0 radical (unpaired) electrons. The molecule has 0 amide bonds. The van der Waals surface area contributed by atoms with Crippen LogP contribution in [-0.2, 0) is 24.6 Å². The Morgan fingerprint density at radius 1 is 0.895 bits per heavy atom. The van der Waals surface area contributed by atoms with E-state index in [0.717, 1.165) is 22.3 Å². The number of carbonyl (C=O) groups excluding carboxylic acids is 1. The fourth-order valence-electron chi connectivity index (χ4n) is 4.45. The van der Waals surface area contributed by atoms with Crippen molar-refractivity contribution in [3.8, 4) is 5.75 Å². The topological polar surface area (TPSA) is 44.1 Å². The summed E-state index contributed by atoms with van der Waals surface area (Å²) in [5, 5.41) is 4.53. The van der Waals surface area contributed by atoms with Crippen LogP contribution >= 0.6 is 0 Å². The van der Waals surface area contributed by atoms with Gasteiger partial charge in [0.2, 0.25) is 0 Å². The Morgan fingerprint density at radius 2 is 1.39 bits per heavy atom. The third kappa shape index (κ3) is 5.28. The van der Waals surface area contributed by atoms with Gasteiger partial charge in [-0.25, -0.2) is 17.6 Å². The maximum Gasteiger partial charge on any atom is 0.422 e. The Kier molecular flexibility index (Phi) is 7.74. The molecule has 11 heteroatoms. The average Bonchev–Trinajstić information content (AvgIpc) is 3.16. The number of benzene rings is 2. The molecule has 3 aromatic rings. The summed E-state index contributed by atoms with van der Waals surface area (Å²) in [6.07, 6.45) is -6.97. The van der Waals surface area contributed by atoms with Crippen LogP contribution in [0.2, 0.25) is 0 Å². The lowest BCUT2D eigenvalue weighted by Crippen LogP contribution is -2.20. The highest BCUT2D eigenvalue weighted by molar-refractivity contribution is 5.99. The number of hydrogen-bond donors (Lipinski definition) is 0. The van der Waals surface area contributed by atoms with Crippen molar-refractivity contribution >= 4 is 5.78 Å². The minimum atomic E-state index is -5.69. The fourth-order valence-corrected chi connectivity index (χ4v) is 4.45. The first-order chi connectivity index (χ1) is 17.4. The highest BCUT2D eigenvalue weighted by Crippen LogP contribution is 2.38. The van der Waals surface area contributed by atoms with Crippen LogP contribution in [0.3, 0.4) is 0 Å². The maximum absolute atomic E-state index is 14.6. The van der Waals surface area contributed by atoms with E-state index in [1.165, 1.54) is 11.8 Å². The molecule has 0 aliphatic heterocycles. The second kappa shape index (κ2) is 10.1. The number of hydrogen-bond acceptors (Lipinski definition) is 3. The molecule has 0 fully saturated rings. The molecule has 0 spiro atoms. The zero-order valence-electron chi connectivity index (χ0n) is 21.9. The summed E-state index contributed by atoms with van der Waals surface area (Å²) in [5.74, 6) is -10.9. The molecule has 0 saturated carbocycles. The zero-order chi connectivity index (χ0) is 28.9. The smallest absolute Gasteiger partial charge is 0.422 e. The number of aryl methyl sites for hydroxylation is 3. The monoisotopic (exact) mass is 544 g/mol. The molecule has 2 aromatic carbocycles. The standard InChI is InChI=1S/C27H27F7N2O2/c1-12-8-13(2)16(14(3)9-12)11-36-23(24(38-7)25(35-36)26(4,5)6)17(37)10-15-19(28)21(30)18(27(32,33)34)22(31)20(15)29/h8-9H,10-11H2,1-7H3. The highest BCUT2D eigenvalue weighted by atomic mass is 19.4. The average molecular weight is 545 g/mol. The van der Waals surface area contributed by atoms with E-state index in [2.05, 4.69) is 5.10 Å². The molecule has 0 atom stereocenters. The number of nitrogens with zero attached hydrogens (tertiary/aromatic N) is 2. The summed E-state index contributed by atoms with van der Waals surface area (Å²) >= 11 is 0. The SMILES string of the molecule is COc1c(C(C)(C)C)nn(Cc2c(C)cc(C)cc2C)c1C(=O)Cc1c(F)c(F)c(C(F)(F)F)c(F)c1F. The first-order valence-electron chi connectivity index (χ1n) is 11.6. The number of Topliss-reactive ketones (excluding diaryl/α,β-unsaturated/α-hetero) is 1. The third-order valence-electron chi connectivity index (χ3n) is 6.21. The molecule has 4 nitrogen and oxygen atoms in total. The Balaban J connectivity index is 2.21. The van der Waals surface area contributed by atoms with Crippen molar-refractivity contribution in [3.05, 3.63) is 80.2 Å². The number of rotatable bonds is 6. The molecule has 3 rings (SSSR count). The van der Waals surface area contributed by atoms with Gasteiger partial charge in [-0.2, -0.15) is 18.3 Å².